The Morgan fingerprint density at radius 1 is 1.29 bits per heavy atom. The molecule has 4 atom stereocenters. The van der Waals surface area contributed by atoms with Gasteiger partial charge in [-0.3, -0.25) is 9.59 Å². The fraction of sp³-hybridized carbons (Fsp3) is 0.562. The molecule has 0 radical (unpaired) electrons. The van der Waals surface area contributed by atoms with E-state index in [0.29, 0.717) is 5.13 Å². The molecule has 0 saturated heterocycles. The Balaban J connectivity index is 1.58. The Morgan fingerprint density at radius 2 is 1.96 bits per heavy atom. The summed E-state index contributed by atoms with van der Waals surface area (Å²) in [4.78, 5) is 29.6. The zero-order chi connectivity index (χ0) is 16.9. The van der Waals surface area contributed by atoms with Crippen LogP contribution in [0.4, 0.5) is 9.52 Å². The van der Waals surface area contributed by atoms with E-state index in [1.807, 2.05) is 0 Å². The van der Waals surface area contributed by atoms with Crippen LogP contribution in [0.3, 0.4) is 0 Å². The van der Waals surface area contributed by atoms with Gasteiger partial charge in [0, 0.05) is 6.54 Å². The number of halogens is 2. The summed E-state index contributed by atoms with van der Waals surface area (Å²) < 4.78 is 13.3. The van der Waals surface area contributed by atoms with Crippen molar-refractivity contribution < 1.29 is 14.0 Å². The Kier molecular flexibility index (Phi) is 3.99. The number of anilines is 1. The molecule has 4 rings (SSSR count). The molecule has 2 saturated carbocycles. The Bertz CT molecular complexity index is 718. The van der Waals surface area contributed by atoms with Crippen LogP contribution < -0.4 is 10.6 Å². The molecule has 24 heavy (non-hydrogen) atoms. The summed E-state index contributed by atoms with van der Waals surface area (Å²) in [6.45, 7) is -0.602. The molecule has 2 unspecified atom stereocenters. The van der Waals surface area contributed by atoms with E-state index in [4.69, 9.17) is 0 Å². The molecule has 2 fully saturated rings. The minimum Gasteiger partial charge on any atom is -0.353 e. The predicted molar refractivity (Wildman–Crippen MR) is 92.2 cm³/mol. The zero-order valence-corrected chi connectivity index (χ0v) is 15.2. The SMILES string of the molecule is O=C(NCCF)[C@@H]1C2C=CC([C@H]1C(=O)Nc1ncc(Br)s1)C21CC1. The normalized spacial score (nSPS) is 31.4. The number of aromatic nitrogens is 1. The molecule has 8 heteroatoms. The summed E-state index contributed by atoms with van der Waals surface area (Å²) in [7, 11) is 0. The topological polar surface area (TPSA) is 71.1 Å². The molecule has 2 amide bonds. The van der Waals surface area contributed by atoms with Gasteiger partial charge in [-0.2, -0.15) is 0 Å². The summed E-state index contributed by atoms with van der Waals surface area (Å²) in [6, 6.07) is 0. The van der Waals surface area contributed by atoms with E-state index < -0.39 is 18.5 Å². The number of thiazole rings is 1. The van der Waals surface area contributed by atoms with Crippen LogP contribution >= 0.6 is 27.3 Å². The summed E-state index contributed by atoms with van der Waals surface area (Å²) in [5.41, 5.74) is 0.0726. The first-order valence-electron chi connectivity index (χ1n) is 8.01. The average molecular weight is 414 g/mol. The fourth-order valence-electron chi connectivity index (χ4n) is 4.50. The number of carbonyl (C=O) groups excluding carboxylic acids is 2. The minimum absolute atomic E-state index is 0.00278. The number of nitrogens with zero attached hydrogens (tertiary/aromatic N) is 1. The van der Waals surface area contributed by atoms with Crippen LogP contribution in [0.1, 0.15) is 12.8 Å². The summed E-state index contributed by atoms with van der Waals surface area (Å²) in [5.74, 6) is -1.04. The van der Waals surface area contributed by atoms with E-state index in [1.54, 1.807) is 6.20 Å². The first-order chi connectivity index (χ1) is 11.6. The number of nitrogens with one attached hydrogen (secondary N) is 2. The average Bonchev–Trinajstić information content (AvgIpc) is 3.06. The van der Waals surface area contributed by atoms with Gasteiger partial charge in [-0.05, 0) is 46.0 Å². The van der Waals surface area contributed by atoms with Crippen molar-refractivity contribution in [2.24, 2.45) is 29.1 Å². The van der Waals surface area contributed by atoms with Crippen LogP contribution in [0, 0.1) is 29.1 Å². The van der Waals surface area contributed by atoms with Crippen LogP contribution in [0.5, 0.6) is 0 Å². The Labute approximate surface area is 151 Å². The molecule has 1 aromatic rings. The molecule has 1 heterocycles. The summed E-state index contributed by atoms with van der Waals surface area (Å²) in [5, 5.41) is 6.00. The lowest BCUT2D eigenvalue weighted by Crippen LogP contribution is -2.42. The van der Waals surface area contributed by atoms with E-state index >= 15 is 0 Å². The molecular weight excluding hydrogens is 397 g/mol. The predicted octanol–water partition coefficient (Wildman–Crippen LogP) is 2.76. The van der Waals surface area contributed by atoms with Gasteiger partial charge in [0.25, 0.3) is 0 Å². The van der Waals surface area contributed by atoms with E-state index in [-0.39, 0.29) is 35.6 Å². The van der Waals surface area contributed by atoms with Gasteiger partial charge in [-0.1, -0.05) is 23.5 Å². The van der Waals surface area contributed by atoms with Crippen molar-refractivity contribution >= 4 is 44.2 Å². The maximum Gasteiger partial charge on any atom is 0.230 e. The van der Waals surface area contributed by atoms with Crippen LogP contribution in [-0.4, -0.2) is 30.0 Å². The van der Waals surface area contributed by atoms with Crippen molar-refractivity contribution in [2.75, 3.05) is 18.5 Å². The number of allylic oxidation sites excluding steroid dienone is 2. The van der Waals surface area contributed by atoms with Crippen molar-refractivity contribution in [1.82, 2.24) is 10.3 Å². The van der Waals surface area contributed by atoms with Gasteiger partial charge in [0.1, 0.15) is 6.67 Å². The molecular formula is C16H17BrFN3O2S. The number of alkyl halides is 1. The van der Waals surface area contributed by atoms with Crippen LogP contribution in [0.15, 0.2) is 22.1 Å². The van der Waals surface area contributed by atoms with Crippen molar-refractivity contribution in [2.45, 2.75) is 12.8 Å². The largest absolute Gasteiger partial charge is 0.353 e. The smallest absolute Gasteiger partial charge is 0.230 e. The highest BCUT2D eigenvalue weighted by molar-refractivity contribution is 9.11. The highest BCUT2D eigenvalue weighted by atomic mass is 79.9. The molecule has 0 aromatic carbocycles. The van der Waals surface area contributed by atoms with Gasteiger partial charge in [-0.15, -0.1) is 0 Å². The van der Waals surface area contributed by atoms with Gasteiger partial charge < -0.3 is 10.6 Å². The van der Waals surface area contributed by atoms with Gasteiger partial charge >= 0.3 is 0 Å². The Hall–Kier alpha value is -1.28. The van der Waals surface area contributed by atoms with Crippen molar-refractivity contribution in [1.29, 1.82) is 0 Å². The summed E-state index contributed by atoms with van der Waals surface area (Å²) >= 11 is 4.66. The second kappa shape index (κ2) is 5.91. The van der Waals surface area contributed by atoms with Gasteiger partial charge in [0.2, 0.25) is 11.8 Å². The minimum atomic E-state index is -0.600. The van der Waals surface area contributed by atoms with Crippen molar-refractivity contribution in [3.05, 3.63) is 22.1 Å². The third-order valence-electron chi connectivity index (χ3n) is 5.55. The van der Waals surface area contributed by atoms with Crippen molar-refractivity contribution in [3.8, 4) is 0 Å². The standard InChI is InChI=1S/C16H17BrFN3O2S/c17-10-7-20-15(24-10)21-14(23)12-9-2-1-8(16(9)3-4-16)11(12)13(22)19-6-5-18/h1-2,7-9,11-12H,3-6H2,(H,19,22)(H,20,21,23)/t8?,9?,11-,12-/m1/s1. The van der Waals surface area contributed by atoms with Crippen molar-refractivity contribution in [3.63, 3.8) is 0 Å². The van der Waals surface area contributed by atoms with Gasteiger partial charge in [0.15, 0.2) is 5.13 Å². The monoisotopic (exact) mass is 413 g/mol. The Morgan fingerprint density at radius 3 is 2.50 bits per heavy atom. The number of rotatable bonds is 5. The molecule has 2 N–H and O–H groups in total. The van der Waals surface area contributed by atoms with Gasteiger partial charge in [0.05, 0.1) is 21.8 Å². The maximum absolute atomic E-state index is 12.9. The highest BCUT2D eigenvalue weighted by Gasteiger charge is 2.69. The second-order valence-electron chi connectivity index (χ2n) is 6.66. The maximum atomic E-state index is 12.9. The van der Waals surface area contributed by atoms with E-state index in [0.717, 1.165) is 16.6 Å². The molecule has 1 spiro atoms. The number of amides is 2. The lowest BCUT2D eigenvalue weighted by molar-refractivity contribution is -0.132. The first kappa shape index (κ1) is 16.2. The second-order valence-corrected chi connectivity index (χ2v) is 9.07. The molecule has 3 aliphatic carbocycles. The van der Waals surface area contributed by atoms with Crippen LogP contribution in [0.2, 0.25) is 0 Å². The number of hydrogen-bond acceptors (Lipinski definition) is 4. The first-order valence-corrected chi connectivity index (χ1v) is 9.62. The molecule has 3 aliphatic rings. The number of hydrogen-bond donors (Lipinski definition) is 2. The van der Waals surface area contributed by atoms with Crippen LogP contribution in [-0.2, 0) is 9.59 Å². The van der Waals surface area contributed by atoms with E-state index in [1.165, 1.54) is 11.3 Å². The van der Waals surface area contributed by atoms with E-state index in [9.17, 15) is 14.0 Å². The molecule has 5 nitrogen and oxygen atoms in total. The van der Waals surface area contributed by atoms with E-state index in [2.05, 4.69) is 43.7 Å². The fourth-order valence-corrected chi connectivity index (χ4v) is 5.61. The highest BCUT2D eigenvalue weighted by Crippen LogP contribution is 2.72. The van der Waals surface area contributed by atoms with Gasteiger partial charge in [-0.25, -0.2) is 9.37 Å². The van der Waals surface area contributed by atoms with Crippen LogP contribution in [0.25, 0.3) is 0 Å². The zero-order valence-electron chi connectivity index (χ0n) is 12.8. The number of carbonyl (C=O) groups is 2. The molecule has 128 valence electrons. The third kappa shape index (κ3) is 2.42. The molecule has 0 aliphatic heterocycles. The quantitative estimate of drug-likeness (QED) is 0.728. The lowest BCUT2D eigenvalue weighted by Gasteiger charge is -2.25. The summed E-state index contributed by atoms with van der Waals surface area (Å²) in [6.07, 6.45) is 7.91. The lowest BCUT2D eigenvalue weighted by atomic mass is 9.81. The molecule has 1 aromatic heterocycles. The third-order valence-corrected chi connectivity index (χ3v) is 6.94. The molecule has 2 bridgehead atoms.